The largest absolute Gasteiger partial charge is 0.480 e. The van der Waals surface area contributed by atoms with Gasteiger partial charge in [0.05, 0.1) is 19.7 Å². The number of nitrogens with two attached hydrogens (primary N) is 1. The van der Waals surface area contributed by atoms with Crippen molar-refractivity contribution in [2.24, 2.45) is 11.7 Å². The Morgan fingerprint density at radius 2 is 1.90 bits per heavy atom. The molecule has 0 saturated carbocycles. The normalized spacial score (nSPS) is 12.6. The monoisotopic (exact) mass is 280 g/mol. The topological polar surface area (TPSA) is 81.3 Å². The van der Waals surface area contributed by atoms with E-state index in [0.29, 0.717) is 18.1 Å². The zero-order chi connectivity index (χ0) is 15.3. The molecule has 1 heterocycles. The number of carbonyl (C=O) groups excluding carboxylic acids is 1. The summed E-state index contributed by atoms with van der Waals surface area (Å²) in [6.07, 6.45) is 3.15. The summed E-state index contributed by atoms with van der Waals surface area (Å²) in [5.74, 6) is 0.444. The first-order valence-corrected chi connectivity index (χ1v) is 6.78. The Balaban J connectivity index is 2.96. The third-order valence-corrected chi connectivity index (χ3v) is 3.16. The maximum Gasteiger partial charge on any atom is 0.240 e. The fraction of sp³-hybridized carbons (Fsp3) is 0.643. The van der Waals surface area contributed by atoms with Crippen molar-refractivity contribution in [1.82, 2.24) is 14.9 Å². The number of aromatic nitrogens is 2. The molecule has 0 aliphatic heterocycles. The van der Waals surface area contributed by atoms with E-state index in [-0.39, 0.29) is 17.9 Å². The fourth-order valence-corrected chi connectivity index (χ4v) is 1.79. The van der Waals surface area contributed by atoms with Crippen molar-refractivity contribution in [1.29, 1.82) is 0 Å². The van der Waals surface area contributed by atoms with Crippen LogP contribution < -0.4 is 10.5 Å². The molecule has 0 aliphatic rings. The quantitative estimate of drug-likeness (QED) is 0.847. The van der Waals surface area contributed by atoms with Gasteiger partial charge in [-0.05, 0) is 19.8 Å². The minimum absolute atomic E-state index is 0.0269. The SMILES string of the molecule is COc1nccnc1CN(C(=O)[C@@H](N)C(C)C)C(C)C. The Morgan fingerprint density at radius 1 is 1.30 bits per heavy atom. The second-order valence-corrected chi connectivity index (χ2v) is 5.34. The van der Waals surface area contributed by atoms with Crippen molar-refractivity contribution in [2.45, 2.75) is 46.3 Å². The van der Waals surface area contributed by atoms with E-state index in [9.17, 15) is 4.79 Å². The smallest absolute Gasteiger partial charge is 0.240 e. The van der Waals surface area contributed by atoms with Gasteiger partial charge in [-0.3, -0.25) is 9.78 Å². The van der Waals surface area contributed by atoms with Crippen molar-refractivity contribution >= 4 is 5.91 Å². The lowest BCUT2D eigenvalue weighted by Crippen LogP contribution is -2.48. The maximum atomic E-state index is 12.4. The van der Waals surface area contributed by atoms with E-state index in [4.69, 9.17) is 10.5 Å². The third-order valence-electron chi connectivity index (χ3n) is 3.16. The van der Waals surface area contributed by atoms with E-state index in [1.807, 2.05) is 27.7 Å². The standard InChI is InChI=1S/C14H24N4O2/c1-9(2)12(15)14(19)18(10(3)4)8-11-13(20-5)17-7-6-16-11/h6-7,9-10,12H,8,15H2,1-5H3/t12-/m0/s1. The highest BCUT2D eigenvalue weighted by molar-refractivity contribution is 5.82. The maximum absolute atomic E-state index is 12.4. The average molecular weight is 280 g/mol. The van der Waals surface area contributed by atoms with Crippen LogP contribution in [0.25, 0.3) is 0 Å². The molecular weight excluding hydrogens is 256 g/mol. The molecule has 6 heteroatoms. The van der Waals surface area contributed by atoms with E-state index in [2.05, 4.69) is 9.97 Å². The van der Waals surface area contributed by atoms with Gasteiger partial charge in [0.15, 0.2) is 0 Å². The summed E-state index contributed by atoms with van der Waals surface area (Å²) >= 11 is 0. The van der Waals surface area contributed by atoms with Gasteiger partial charge < -0.3 is 15.4 Å². The minimum Gasteiger partial charge on any atom is -0.480 e. The molecule has 1 amide bonds. The number of nitrogens with zero attached hydrogens (tertiary/aromatic N) is 3. The van der Waals surface area contributed by atoms with Crippen LogP contribution in [0, 0.1) is 5.92 Å². The first kappa shape index (κ1) is 16.4. The highest BCUT2D eigenvalue weighted by Crippen LogP contribution is 2.16. The molecule has 1 atom stereocenters. The number of carbonyl (C=O) groups is 1. The number of rotatable bonds is 6. The van der Waals surface area contributed by atoms with Crippen LogP contribution in [0.15, 0.2) is 12.4 Å². The Labute approximate surface area is 120 Å². The average Bonchev–Trinajstić information content (AvgIpc) is 2.43. The Hall–Kier alpha value is -1.69. The van der Waals surface area contributed by atoms with Crippen molar-refractivity contribution in [3.63, 3.8) is 0 Å². The number of amides is 1. The molecule has 2 N–H and O–H groups in total. The summed E-state index contributed by atoms with van der Waals surface area (Å²) in [6, 6.07) is -0.487. The predicted octanol–water partition coefficient (Wildman–Crippen LogP) is 1.21. The molecular formula is C14H24N4O2. The van der Waals surface area contributed by atoms with Gasteiger partial charge >= 0.3 is 0 Å². The van der Waals surface area contributed by atoms with Gasteiger partial charge in [0.1, 0.15) is 5.69 Å². The molecule has 1 aromatic heterocycles. The minimum atomic E-state index is -0.514. The summed E-state index contributed by atoms with van der Waals surface area (Å²) in [6.45, 7) is 8.11. The number of methoxy groups -OCH3 is 1. The summed E-state index contributed by atoms with van der Waals surface area (Å²) in [5.41, 5.74) is 6.60. The predicted molar refractivity (Wildman–Crippen MR) is 77.1 cm³/mol. The van der Waals surface area contributed by atoms with Gasteiger partial charge in [-0.25, -0.2) is 4.98 Å². The molecule has 0 aliphatic carbocycles. The highest BCUT2D eigenvalue weighted by Gasteiger charge is 2.26. The summed E-state index contributed by atoms with van der Waals surface area (Å²) in [4.78, 5) is 22.5. The summed E-state index contributed by atoms with van der Waals surface area (Å²) < 4.78 is 5.17. The third kappa shape index (κ3) is 3.90. The van der Waals surface area contributed by atoms with Crippen LogP contribution in [0.5, 0.6) is 5.88 Å². The van der Waals surface area contributed by atoms with Gasteiger partial charge in [0.25, 0.3) is 0 Å². The van der Waals surface area contributed by atoms with Crippen LogP contribution >= 0.6 is 0 Å². The van der Waals surface area contributed by atoms with Crippen LogP contribution in [0.3, 0.4) is 0 Å². The van der Waals surface area contributed by atoms with Crippen LogP contribution in [-0.4, -0.2) is 40.0 Å². The summed E-state index contributed by atoms with van der Waals surface area (Å²) in [7, 11) is 1.54. The number of hydrogen-bond donors (Lipinski definition) is 1. The molecule has 0 aromatic carbocycles. The Morgan fingerprint density at radius 3 is 2.40 bits per heavy atom. The Kier molecular flexibility index (Phi) is 5.88. The molecule has 0 bridgehead atoms. The zero-order valence-corrected chi connectivity index (χ0v) is 12.8. The fourth-order valence-electron chi connectivity index (χ4n) is 1.79. The second kappa shape index (κ2) is 7.19. The van der Waals surface area contributed by atoms with Gasteiger partial charge in [0, 0.05) is 18.4 Å². The molecule has 0 unspecified atom stereocenters. The highest BCUT2D eigenvalue weighted by atomic mass is 16.5. The molecule has 1 rings (SSSR count). The van der Waals surface area contributed by atoms with Gasteiger partial charge in [-0.1, -0.05) is 13.8 Å². The lowest BCUT2D eigenvalue weighted by molar-refractivity contribution is -0.136. The van der Waals surface area contributed by atoms with Gasteiger partial charge in [-0.15, -0.1) is 0 Å². The van der Waals surface area contributed by atoms with Crippen molar-refractivity contribution in [3.8, 4) is 5.88 Å². The van der Waals surface area contributed by atoms with Crippen molar-refractivity contribution < 1.29 is 9.53 Å². The number of ether oxygens (including phenoxy) is 1. The van der Waals surface area contributed by atoms with E-state index in [1.54, 1.807) is 17.3 Å². The molecule has 112 valence electrons. The van der Waals surface area contributed by atoms with E-state index in [1.165, 1.54) is 7.11 Å². The van der Waals surface area contributed by atoms with Crippen molar-refractivity contribution in [3.05, 3.63) is 18.1 Å². The molecule has 0 spiro atoms. The molecule has 0 fully saturated rings. The van der Waals surface area contributed by atoms with E-state index < -0.39 is 6.04 Å². The first-order chi connectivity index (χ1) is 9.38. The van der Waals surface area contributed by atoms with Crippen LogP contribution in [0.1, 0.15) is 33.4 Å². The van der Waals surface area contributed by atoms with Crippen molar-refractivity contribution in [2.75, 3.05) is 7.11 Å². The lowest BCUT2D eigenvalue weighted by atomic mass is 10.0. The van der Waals surface area contributed by atoms with Gasteiger partial charge in [0.2, 0.25) is 11.8 Å². The number of hydrogen-bond acceptors (Lipinski definition) is 5. The Bertz CT molecular complexity index is 449. The van der Waals surface area contributed by atoms with Crippen LogP contribution in [0.4, 0.5) is 0 Å². The summed E-state index contributed by atoms with van der Waals surface area (Å²) in [5, 5.41) is 0. The molecule has 1 aromatic rings. The van der Waals surface area contributed by atoms with E-state index >= 15 is 0 Å². The molecule has 0 radical (unpaired) electrons. The zero-order valence-electron chi connectivity index (χ0n) is 12.8. The van der Waals surface area contributed by atoms with Crippen LogP contribution in [0.2, 0.25) is 0 Å². The van der Waals surface area contributed by atoms with Crippen LogP contribution in [-0.2, 0) is 11.3 Å². The lowest BCUT2D eigenvalue weighted by Gasteiger charge is -2.30. The van der Waals surface area contributed by atoms with E-state index in [0.717, 1.165) is 0 Å². The first-order valence-electron chi connectivity index (χ1n) is 6.78. The second-order valence-electron chi connectivity index (χ2n) is 5.34. The molecule has 0 saturated heterocycles. The van der Waals surface area contributed by atoms with Gasteiger partial charge in [-0.2, -0.15) is 0 Å². The molecule has 20 heavy (non-hydrogen) atoms. The molecule has 6 nitrogen and oxygen atoms in total.